The molecule has 0 aliphatic rings. The van der Waals surface area contributed by atoms with Crippen molar-refractivity contribution in [2.75, 3.05) is 0 Å². The van der Waals surface area contributed by atoms with E-state index in [0.717, 1.165) is 66.5 Å². The molecule has 0 aliphatic carbocycles. The van der Waals surface area contributed by atoms with Crippen molar-refractivity contribution in [3.63, 3.8) is 0 Å². The molecule has 3 heterocycles. The van der Waals surface area contributed by atoms with Gasteiger partial charge in [0.1, 0.15) is 11.2 Å². The predicted molar refractivity (Wildman–Crippen MR) is 221 cm³/mol. The van der Waals surface area contributed by atoms with Crippen LogP contribution in [0.15, 0.2) is 186 Å². The van der Waals surface area contributed by atoms with Gasteiger partial charge >= 0.3 is 0 Å². The quantitative estimate of drug-likeness (QED) is 0.180. The Labute approximate surface area is 310 Å². The second-order valence-electron chi connectivity index (χ2n) is 13.7. The predicted octanol–water partition coefficient (Wildman–Crippen LogP) is 12.7. The summed E-state index contributed by atoms with van der Waals surface area (Å²) in [6, 6.07) is 63.4. The molecule has 5 nitrogen and oxygen atoms in total. The fourth-order valence-electron chi connectivity index (χ4n) is 7.85. The van der Waals surface area contributed by atoms with Crippen LogP contribution < -0.4 is 0 Å². The van der Waals surface area contributed by atoms with E-state index in [1.54, 1.807) is 0 Å². The molecule has 5 heteroatoms. The van der Waals surface area contributed by atoms with Crippen molar-refractivity contribution in [1.82, 2.24) is 19.5 Å². The lowest BCUT2D eigenvalue weighted by molar-refractivity contribution is 0.669. The zero-order valence-corrected chi connectivity index (χ0v) is 29.0. The lowest BCUT2D eigenvalue weighted by Crippen LogP contribution is -2.00. The van der Waals surface area contributed by atoms with Crippen LogP contribution in [0.2, 0.25) is 0 Å². The highest BCUT2D eigenvalue weighted by Crippen LogP contribution is 2.42. The van der Waals surface area contributed by atoms with Crippen molar-refractivity contribution in [3.05, 3.63) is 182 Å². The average Bonchev–Trinajstić information content (AvgIpc) is 3.78. The van der Waals surface area contributed by atoms with E-state index in [2.05, 4.69) is 126 Å². The van der Waals surface area contributed by atoms with E-state index in [1.807, 2.05) is 60.7 Å². The first-order valence-electron chi connectivity index (χ1n) is 18.1. The third kappa shape index (κ3) is 4.90. The Bertz CT molecular complexity index is 3140. The van der Waals surface area contributed by atoms with Gasteiger partial charge in [0, 0.05) is 32.8 Å². The number of hydrogen-bond donors (Lipinski definition) is 0. The second kappa shape index (κ2) is 12.1. The number of fused-ring (bicyclic) bond motifs is 7. The van der Waals surface area contributed by atoms with Crippen LogP contribution in [-0.2, 0) is 0 Å². The normalized spacial score (nSPS) is 11.7. The number of aromatic nitrogens is 4. The summed E-state index contributed by atoms with van der Waals surface area (Å²) in [4.78, 5) is 14.9. The number of hydrogen-bond acceptors (Lipinski definition) is 4. The van der Waals surface area contributed by atoms with Gasteiger partial charge in [0.05, 0.1) is 22.1 Å². The van der Waals surface area contributed by atoms with Gasteiger partial charge in [-0.3, -0.25) is 0 Å². The summed E-state index contributed by atoms with van der Waals surface area (Å²) in [5.41, 5.74) is 9.87. The van der Waals surface area contributed by atoms with Crippen LogP contribution in [0.25, 0.3) is 105 Å². The maximum Gasteiger partial charge on any atom is 0.164 e. The highest BCUT2D eigenvalue weighted by molar-refractivity contribution is 6.17. The van der Waals surface area contributed by atoms with E-state index in [0.29, 0.717) is 17.5 Å². The SMILES string of the molecule is c1ccc(-c2cc(-n3c4ccccc4c4cc5ccccc5cc43)c3c(c2)oc2cc(-c4nc(-c5ccccc5)nc(-c5ccccc5)n4)ccc23)cc1. The lowest BCUT2D eigenvalue weighted by atomic mass is 10.0. The number of furan rings is 1. The van der Waals surface area contributed by atoms with Crippen molar-refractivity contribution in [3.8, 4) is 51.0 Å². The third-order valence-electron chi connectivity index (χ3n) is 10.4. The Morgan fingerprint density at radius 1 is 0.352 bits per heavy atom. The molecule has 0 saturated carbocycles. The molecule has 0 aliphatic heterocycles. The van der Waals surface area contributed by atoms with Crippen molar-refractivity contribution < 1.29 is 4.42 Å². The van der Waals surface area contributed by atoms with Crippen molar-refractivity contribution in [2.24, 2.45) is 0 Å². The van der Waals surface area contributed by atoms with Crippen LogP contribution in [0.4, 0.5) is 0 Å². The van der Waals surface area contributed by atoms with Crippen LogP contribution in [0.3, 0.4) is 0 Å². The van der Waals surface area contributed by atoms with Crippen molar-refractivity contribution >= 4 is 54.5 Å². The van der Waals surface area contributed by atoms with Gasteiger partial charge in [-0.1, -0.05) is 140 Å². The first-order chi connectivity index (χ1) is 26.7. The summed E-state index contributed by atoms with van der Waals surface area (Å²) in [5.74, 6) is 1.83. The molecule has 11 rings (SSSR count). The molecular weight excluding hydrogens is 661 g/mol. The highest BCUT2D eigenvalue weighted by Gasteiger charge is 2.21. The van der Waals surface area contributed by atoms with E-state index >= 15 is 0 Å². The van der Waals surface area contributed by atoms with Crippen LogP contribution in [0, 0.1) is 0 Å². The summed E-state index contributed by atoms with van der Waals surface area (Å²) in [6.45, 7) is 0. The molecule has 0 radical (unpaired) electrons. The standard InChI is InChI=1S/C49H30N4O/c1-4-14-31(15-5-1)37-28-43(53-41-23-13-12-22-38(41)40-26-34-20-10-11-21-35(34)27-42(40)53)46-39-25-24-36(29-44(39)54-45(46)30-37)49-51-47(32-16-6-2-7-17-32)50-48(52-49)33-18-8-3-9-19-33/h1-30H. The summed E-state index contributed by atoms with van der Waals surface area (Å²) >= 11 is 0. The molecule has 0 fully saturated rings. The minimum absolute atomic E-state index is 0.588. The van der Waals surface area contributed by atoms with Crippen molar-refractivity contribution in [2.45, 2.75) is 0 Å². The first-order valence-corrected chi connectivity index (χ1v) is 18.1. The smallest absolute Gasteiger partial charge is 0.164 e. The Morgan fingerprint density at radius 2 is 0.907 bits per heavy atom. The van der Waals surface area contributed by atoms with E-state index < -0.39 is 0 Å². The zero-order valence-electron chi connectivity index (χ0n) is 29.0. The van der Waals surface area contributed by atoms with Gasteiger partial charge in [0.25, 0.3) is 0 Å². The molecule has 0 bridgehead atoms. The minimum Gasteiger partial charge on any atom is -0.456 e. The maximum atomic E-state index is 6.86. The largest absolute Gasteiger partial charge is 0.456 e. The molecule has 0 atom stereocenters. The van der Waals surface area contributed by atoms with Gasteiger partial charge in [-0.05, 0) is 64.4 Å². The fraction of sp³-hybridized carbons (Fsp3) is 0. The minimum atomic E-state index is 0.588. The van der Waals surface area contributed by atoms with Gasteiger partial charge in [-0.15, -0.1) is 0 Å². The highest BCUT2D eigenvalue weighted by atomic mass is 16.3. The summed E-state index contributed by atoms with van der Waals surface area (Å²) in [5, 5.41) is 6.93. The van der Waals surface area contributed by atoms with Gasteiger partial charge in [-0.25, -0.2) is 15.0 Å². The molecule has 252 valence electrons. The number of benzene rings is 8. The molecule has 8 aromatic carbocycles. The third-order valence-corrected chi connectivity index (χ3v) is 10.4. The van der Waals surface area contributed by atoms with E-state index in [-0.39, 0.29) is 0 Å². The molecule has 11 aromatic rings. The summed E-state index contributed by atoms with van der Waals surface area (Å²) < 4.78 is 9.27. The van der Waals surface area contributed by atoms with Gasteiger partial charge in [0.15, 0.2) is 17.5 Å². The molecular formula is C49H30N4O. The molecule has 0 saturated heterocycles. The summed E-state index contributed by atoms with van der Waals surface area (Å²) in [7, 11) is 0. The lowest BCUT2D eigenvalue weighted by Gasteiger charge is -2.13. The Hall–Kier alpha value is -7.37. The number of nitrogens with zero attached hydrogens (tertiary/aromatic N) is 4. The van der Waals surface area contributed by atoms with Crippen LogP contribution in [0.1, 0.15) is 0 Å². The zero-order chi connectivity index (χ0) is 35.6. The molecule has 0 unspecified atom stereocenters. The van der Waals surface area contributed by atoms with Crippen molar-refractivity contribution in [1.29, 1.82) is 0 Å². The molecule has 0 N–H and O–H groups in total. The molecule has 54 heavy (non-hydrogen) atoms. The Balaban J connectivity index is 1.18. The topological polar surface area (TPSA) is 56.7 Å². The van der Waals surface area contributed by atoms with E-state index in [4.69, 9.17) is 19.4 Å². The van der Waals surface area contributed by atoms with E-state index in [9.17, 15) is 0 Å². The first kappa shape index (κ1) is 30.3. The van der Waals surface area contributed by atoms with Crippen LogP contribution in [-0.4, -0.2) is 19.5 Å². The fourth-order valence-corrected chi connectivity index (χ4v) is 7.85. The maximum absolute atomic E-state index is 6.86. The monoisotopic (exact) mass is 690 g/mol. The van der Waals surface area contributed by atoms with Gasteiger partial charge in [0.2, 0.25) is 0 Å². The molecule has 3 aromatic heterocycles. The second-order valence-corrected chi connectivity index (χ2v) is 13.7. The molecule has 0 amide bonds. The van der Waals surface area contributed by atoms with Gasteiger partial charge in [-0.2, -0.15) is 0 Å². The number of rotatable bonds is 5. The average molecular weight is 691 g/mol. The Kier molecular flexibility index (Phi) is 6.79. The van der Waals surface area contributed by atoms with Gasteiger partial charge < -0.3 is 8.98 Å². The number of para-hydroxylation sites is 1. The van der Waals surface area contributed by atoms with Crippen LogP contribution in [0.5, 0.6) is 0 Å². The Morgan fingerprint density at radius 3 is 1.59 bits per heavy atom. The molecule has 0 spiro atoms. The summed E-state index contributed by atoms with van der Waals surface area (Å²) in [6.07, 6.45) is 0. The van der Waals surface area contributed by atoms with E-state index in [1.165, 1.54) is 21.5 Å². The van der Waals surface area contributed by atoms with Crippen LogP contribution >= 0.6 is 0 Å².